The van der Waals surface area contributed by atoms with Gasteiger partial charge < -0.3 is 10.4 Å². The molecule has 3 nitrogen and oxygen atoms in total. The van der Waals surface area contributed by atoms with Gasteiger partial charge in [-0.15, -0.1) is 0 Å². The molecule has 2 aromatic carbocycles. The number of aryl methyl sites for hydroxylation is 2. The fourth-order valence-electron chi connectivity index (χ4n) is 1.97. The van der Waals surface area contributed by atoms with Gasteiger partial charge in [-0.1, -0.05) is 36.4 Å². The summed E-state index contributed by atoms with van der Waals surface area (Å²) >= 11 is 0. The molecule has 0 saturated carbocycles. The van der Waals surface area contributed by atoms with E-state index in [1.54, 1.807) is 6.07 Å². The van der Waals surface area contributed by atoms with Gasteiger partial charge in [0.15, 0.2) is 0 Å². The fourth-order valence-corrected chi connectivity index (χ4v) is 1.97. The van der Waals surface area contributed by atoms with Crippen molar-refractivity contribution in [3.63, 3.8) is 0 Å². The Hall–Kier alpha value is -2.13. The molecule has 3 heteroatoms. The zero-order valence-electron chi connectivity index (χ0n) is 11.8. The highest BCUT2D eigenvalue weighted by Gasteiger charge is 2.10. The van der Waals surface area contributed by atoms with Crippen LogP contribution in [0.25, 0.3) is 0 Å². The molecule has 2 N–H and O–H groups in total. The first-order valence-corrected chi connectivity index (χ1v) is 6.66. The normalized spacial score (nSPS) is 11.9. The molecule has 1 atom stereocenters. The summed E-state index contributed by atoms with van der Waals surface area (Å²) < 4.78 is 0. The zero-order chi connectivity index (χ0) is 14.5. The number of amides is 1. The average Bonchev–Trinajstić information content (AvgIpc) is 2.48. The van der Waals surface area contributed by atoms with Crippen molar-refractivity contribution in [1.29, 1.82) is 0 Å². The molecular formula is C17H19NO2. The monoisotopic (exact) mass is 269 g/mol. The summed E-state index contributed by atoms with van der Waals surface area (Å²) in [4.78, 5) is 12.0. The maximum absolute atomic E-state index is 12.0. The number of nitrogens with one attached hydrogen (secondary N) is 1. The number of rotatable bonds is 4. The molecule has 0 heterocycles. The smallest absolute Gasteiger partial charge is 0.251 e. The van der Waals surface area contributed by atoms with E-state index in [-0.39, 0.29) is 12.5 Å². The first-order valence-electron chi connectivity index (χ1n) is 6.66. The number of carbonyl (C=O) groups is 1. The van der Waals surface area contributed by atoms with Gasteiger partial charge >= 0.3 is 0 Å². The van der Waals surface area contributed by atoms with Crippen LogP contribution in [-0.2, 0) is 0 Å². The van der Waals surface area contributed by atoms with Crippen molar-refractivity contribution in [3.8, 4) is 0 Å². The molecule has 0 aliphatic heterocycles. The third-order valence-corrected chi connectivity index (χ3v) is 3.41. The maximum atomic E-state index is 12.0. The van der Waals surface area contributed by atoms with Crippen LogP contribution in [0.3, 0.4) is 0 Å². The van der Waals surface area contributed by atoms with Crippen LogP contribution in [0.2, 0.25) is 0 Å². The first kappa shape index (κ1) is 14.3. The van der Waals surface area contributed by atoms with E-state index in [1.807, 2.05) is 56.3 Å². The van der Waals surface area contributed by atoms with Crippen LogP contribution in [0.5, 0.6) is 0 Å². The molecule has 0 aliphatic carbocycles. The minimum absolute atomic E-state index is 0.164. The lowest BCUT2D eigenvalue weighted by atomic mass is 10.1. The Balaban J connectivity index is 1.97. The molecular weight excluding hydrogens is 250 g/mol. The van der Waals surface area contributed by atoms with E-state index in [2.05, 4.69) is 5.32 Å². The minimum Gasteiger partial charge on any atom is -0.387 e. The summed E-state index contributed by atoms with van der Waals surface area (Å²) in [5, 5.41) is 12.8. The van der Waals surface area contributed by atoms with Gasteiger partial charge in [0, 0.05) is 12.1 Å². The average molecular weight is 269 g/mol. The van der Waals surface area contributed by atoms with Gasteiger partial charge in [-0.3, -0.25) is 4.79 Å². The molecule has 0 unspecified atom stereocenters. The van der Waals surface area contributed by atoms with E-state index in [0.29, 0.717) is 5.56 Å². The molecule has 0 bridgehead atoms. The van der Waals surface area contributed by atoms with Gasteiger partial charge in [0.25, 0.3) is 5.91 Å². The third kappa shape index (κ3) is 3.45. The Morgan fingerprint density at radius 1 is 1.10 bits per heavy atom. The van der Waals surface area contributed by atoms with Gasteiger partial charge in [0.1, 0.15) is 0 Å². The van der Waals surface area contributed by atoms with Gasteiger partial charge in [0.05, 0.1) is 6.10 Å². The minimum atomic E-state index is -0.688. The number of hydrogen-bond acceptors (Lipinski definition) is 2. The fraction of sp³-hybridized carbons (Fsp3) is 0.235. The molecule has 2 aromatic rings. The highest BCUT2D eigenvalue weighted by atomic mass is 16.3. The predicted octanol–water partition coefficient (Wildman–Crippen LogP) is 2.77. The summed E-state index contributed by atoms with van der Waals surface area (Å²) in [6.45, 7) is 4.19. The maximum Gasteiger partial charge on any atom is 0.251 e. The number of aliphatic hydroxyl groups is 1. The van der Waals surface area contributed by atoms with Crippen LogP contribution in [0.1, 0.15) is 33.2 Å². The van der Waals surface area contributed by atoms with Gasteiger partial charge in [-0.2, -0.15) is 0 Å². The molecule has 0 aliphatic rings. The summed E-state index contributed by atoms with van der Waals surface area (Å²) in [5.41, 5.74) is 3.66. The van der Waals surface area contributed by atoms with Crippen LogP contribution in [0.4, 0.5) is 0 Å². The summed E-state index contributed by atoms with van der Waals surface area (Å²) in [6.07, 6.45) is -0.688. The Morgan fingerprint density at radius 2 is 1.80 bits per heavy atom. The predicted molar refractivity (Wildman–Crippen MR) is 79.7 cm³/mol. The van der Waals surface area contributed by atoms with Crippen molar-refractivity contribution in [3.05, 3.63) is 70.8 Å². The van der Waals surface area contributed by atoms with Gasteiger partial charge in [0.2, 0.25) is 0 Å². The Bertz CT molecular complexity index is 593. The first-order chi connectivity index (χ1) is 9.58. The number of aliphatic hydroxyl groups excluding tert-OH is 1. The van der Waals surface area contributed by atoms with Crippen LogP contribution in [0.15, 0.2) is 48.5 Å². The lowest BCUT2D eigenvalue weighted by Gasteiger charge is -2.12. The van der Waals surface area contributed by atoms with Crippen molar-refractivity contribution in [1.82, 2.24) is 5.32 Å². The molecule has 1 amide bonds. The lowest BCUT2D eigenvalue weighted by molar-refractivity contribution is 0.0916. The van der Waals surface area contributed by atoms with E-state index in [1.165, 1.54) is 0 Å². The quantitative estimate of drug-likeness (QED) is 0.896. The topological polar surface area (TPSA) is 49.3 Å². The molecule has 2 rings (SSSR count). The van der Waals surface area contributed by atoms with Crippen LogP contribution in [0, 0.1) is 13.8 Å². The summed E-state index contributed by atoms with van der Waals surface area (Å²) in [7, 11) is 0. The van der Waals surface area contributed by atoms with Crippen LogP contribution in [-0.4, -0.2) is 17.6 Å². The van der Waals surface area contributed by atoms with Crippen molar-refractivity contribution in [2.75, 3.05) is 6.54 Å². The number of benzene rings is 2. The Morgan fingerprint density at radius 3 is 2.45 bits per heavy atom. The van der Waals surface area contributed by atoms with Crippen molar-refractivity contribution in [2.24, 2.45) is 0 Å². The van der Waals surface area contributed by atoms with E-state index < -0.39 is 6.10 Å². The second-order valence-corrected chi connectivity index (χ2v) is 4.94. The van der Waals surface area contributed by atoms with Crippen molar-refractivity contribution >= 4 is 5.91 Å². The molecule has 0 radical (unpaired) electrons. The molecule has 0 saturated heterocycles. The SMILES string of the molecule is Cc1ccc(C(=O)NC[C@@H](O)c2ccccc2)cc1C. The second-order valence-electron chi connectivity index (χ2n) is 4.94. The standard InChI is InChI=1S/C17H19NO2/c1-12-8-9-15(10-13(12)2)17(20)18-11-16(19)14-6-4-3-5-7-14/h3-10,16,19H,11H2,1-2H3,(H,18,20)/t16-/m1/s1. The molecule has 0 fully saturated rings. The molecule has 0 aromatic heterocycles. The van der Waals surface area contributed by atoms with Crippen LogP contribution >= 0.6 is 0 Å². The Kier molecular flexibility index (Phi) is 4.53. The Labute approximate surface area is 119 Å². The van der Waals surface area contributed by atoms with E-state index in [4.69, 9.17) is 0 Å². The summed E-state index contributed by atoms with van der Waals surface area (Å²) in [6, 6.07) is 14.9. The van der Waals surface area contributed by atoms with E-state index >= 15 is 0 Å². The van der Waals surface area contributed by atoms with Gasteiger partial charge in [-0.25, -0.2) is 0 Å². The van der Waals surface area contributed by atoms with Gasteiger partial charge in [-0.05, 0) is 42.7 Å². The highest BCUT2D eigenvalue weighted by Crippen LogP contribution is 2.12. The summed E-state index contributed by atoms with van der Waals surface area (Å²) in [5.74, 6) is -0.164. The van der Waals surface area contributed by atoms with E-state index in [0.717, 1.165) is 16.7 Å². The molecule has 104 valence electrons. The number of hydrogen-bond donors (Lipinski definition) is 2. The van der Waals surface area contributed by atoms with Crippen LogP contribution < -0.4 is 5.32 Å². The largest absolute Gasteiger partial charge is 0.387 e. The van der Waals surface area contributed by atoms with Crippen molar-refractivity contribution in [2.45, 2.75) is 20.0 Å². The molecule has 0 spiro atoms. The highest BCUT2D eigenvalue weighted by molar-refractivity contribution is 5.94. The number of carbonyl (C=O) groups excluding carboxylic acids is 1. The van der Waals surface area contributed by atoms with Crippen molar-refractivity contribution < 1.29 is 9.90 Å². The van der Waals surface area contributed by atoms with E-state index in [9.17, 15) is 9.90 Å². The lowest BCUT2D eigenvalue weighted by Crippen LogP contribution is -2.28. The zero-order valence-corrected chi connectivity index (χ0v) is 11.8. The third-order valence-electron chi connectivity index (χ3n) is 3.41. The molecule has 20 heavy (non-hydrogen) atoms. The second kappa shape index (κ2) is 6.35.